The Balaban J connectivity index is 0.924. The zero-order valence-corrected chi connectivity index (χ0v) is 30.8. The minimum absolute atomic E-state index is 0.558. The van der Waals surface area contributed by atoms with Crippen LogP contribution in [0.1, 0.15) is 66.8 Å². The van der Waals surface area contributed by atoms with E-state index in [4.69, 9.17) is 28.4 Å². The Hall–Kier alpha value is -4.92. The molecule has 54 heavy (non-hydrogen) atoms. The van der Waals surface area contributed by atoms with Gasteiger partial charge in [-0.05, 0) is 66.8 Å². The lowest BCUT2D eigenvalue weighted by molar-refractivity contribution is 0.103. The van der Waals surface area contributed by atoms with Crippen LogP contribution in [0.2, 0.25) is 0 Å². The first-order valence-electron chi connectivity index (χ1n) is 18.6. The van der Waals surface area contributed by atoms with E-state index in [0.29, 0.717) is 79.3 Å². The van der Waals surface area contributed by atoms with Gasteiger partial charge in [0.2, 0.25) is 0 Å². The molecule has 6 aromatic carbocycles. The first-order chi connectivity index (χ1) is 26.7. The van der Waals surface area contributed by atoms with Gasteiger partial charge in [0.05, 0.1) is 79.3 Å². The highest BCUT2D eigenvalue weighted by molar-refractivity contribution is 5.26. The minimum atomic E-state index is 0.558. The molecule has 0 unspecified atom stereocenters. The van der Waals surface area contributed by atoms with Crippen molar-refractivity contribution in [3.63, 3.8) is 0 Å². The number of hydrogen-bond acceptors (Lipinski definition) is 6. The van der Waals surface area contributed by atoms with E-state index >= 15 is 0 Å². The van der Waals surface area contributed by atoms with Gasteiger partial charge < -0.3 is 28.4 Å². The standard InChI is InChI=1S/C48H48O6/c1-2-38-4-3-37(1)25-49-27-39-5-7-41(8-6-39)29-51-31-43-13-15-45(16-14-43)33-53-35-47-21-23-48(24-22-47)36-54-34-46-19-17-44(18-20-46)32-52-30-42-11-9-40(10-12-42)28-50-26-38/h1-24H,25-36H2. The number of benzene rings is 6. The van der Waals surface area contributed by atoms with Crippen molar-refractivity contribution in [1.29, 1.82) is 0 Å². The molecular weight excluding hydrogens is 673 g/mol. The van der Waals surface area contributed by atoms with Gasteiger partial charge in [-0.25, -0.2) is 0 Å². The molecule has 6 nitrogen and oxygen atoms in total. The summed E-state index contributed by atoms with van der Waals surface area (Å²) in [6.45, 7) is 6.70. The Morgan fingerprint density at radius 1 is 0.148 bits per heavy atom. The van der Waals surface area contributed by atoms with Crippen molar-refractivity contribution in [1.82, 2.24) is 0 Å². The largest absolute Gasteiger partial charge is 0.372 e. The molecule has 0 spiro atoms. The topological polar surface area (TPSA) is 55.4 Å². The van der Waals surface area contributed by atoms with E-state index < -0.39 is 0 Å². The maximum Gasteiger partial charge on any atom is 0.0721 e. The molecule has 0 atom stereocenters. The Kier molecular flexibility index (Phi) is 13.8. The van der Waals surface area contributed by atoms with E-state index in [2.05, 4.69) is 146 Å². The van der Waals surface area contributed by atoms with Gasteiger partial charge >= 0.3 is 0 Å². The third kappa shape index (κ3) is 12.1. The molecule has 16 heterocycles. The van der Waals surface area contributed by atoms with Crippen LogP contribution in [0.5, 0.6) is 0 Å². The summed E-state index contributed by atoms with van der Waals surface area (Å²) < 4.78 is 36.0. The normalized spacial score (nSPS) is 15.6. The Morgan fingerprint density at radius 3 is 0.296 bits per heavy atom. The summed E-state index contributed by atoms with van der Waals surface area (Å²) in [5.74, 6) is 0. The maximum absolute atomic E-state index is 6.01. The summed E-state index contributed by atoms with van der Waals surface area (Å²) in [6, 6.07) is 50.6. The van der Waals surface area contributed by atoms with Crippen LogP contribution in [-0.2, 0) is 108 Å². The van der Waals surface area contributed by atoms with Crippen molar-refractivity contribution < 1.29 is 28.4 Å². The molecule has 276 valence electrons. The lowest BCUT2D eigenvalue weighted by Gasteiger charge is -2.10. The quantitative estimate of drug-likeness (QED) is 0.156. The van der Waals surface area contributed by atoms with Crippen LogP contribution in [0.15, 0.2) is 146 Å². The predicted octanol–water partition coefficient (Wildman–Crippen LogP) is 10.3. The van der Waals surface area contributed by atoms with E-state index in [-0.39, 0.29) is 0 Å². The van der Waals surface area contributed by atoms with Crippen molar-refractivity contribution >= 4 is 0 Å². The van der Waals surface area contributed by atoms with Crippen molar-refractivity contribution in [3.8, 4) is 0 Å². The zero-order chi connectivity index (χ0) is 36.6. The highest BCUT2D eigenvalue weighted by atomic mass is 16.5. The summed E-state index contributed by atoms with van der Waals surface area (Å²) in [6.07, 6.45) is 0. The van der Waals surface area contributed by atoms with Crippen molar-refractivity contribution in [2.24, 2.45) is 0 Å². The summed E-state index contributed by atoms with van der Waals surface area (Å²) in [5.41, 5.74) is 13.7. The maximum atomic E-state index is 6.01. The number of ether oxygens (including phenoxy) is 6. The van der Waals surface area contributed by atoms with Crippen LogP contribution in [0.4, 0.5) is 0 Å². The lowest BCUT2D eigenvalue weighted by Crippen LogP contribution is -1.99. The predicted molar refractivity (Wildman–Crippen MR) is 210 cm³/mol. The molecular formula is C48H48O6. The molecule has 16 aliphatic rings. The molecule has 0 saturated carbocycles. The highest BCUT2D eigenvalue weighted by Gasteiger charge is 2.04. The molecule has 0 aromatic heterocycles. The Bertz CT molecular complexity index is 1450. The Labute approximate surface area is 319 Å². The van der Waals surface area contributed by atoms with Gasteiger partial charge in [0, 0.05) is 0 Å². The van der Waals surface area contributed by atoms with Crippen LogP contribution in [0, 0.1) is 0 Å². The van der Waals surface area contributed by atoms with Gasteiger partial charge in [-0.15, -0.1) is 0 Å². The summed E-state index contributed by atoms with van der Waals surface area (Å²) in [7, 11) is 0. The third-order valence-corrected chi connectivity index (χ3v) is 9.36. The van der Waals surface area contributed by atoms with Crippen molar-refractivity contribution in [3.05, 3.63) is 212 Å². The third-order valence-electron chi connectivity index (χ3n) is 9.36. The molecule has 0 aliphatic carbocycles. The van der Waals surface area contributed by atoms with E-state index in [1.54, 1.807) is 0 Å². The van der Waals surface area contributed by atoms with E-state index in [1.807, 2.05) is 0 Å². The van der Waals surface area contributed by atoms with E-state index in [0.717, 1.165) is 66.8 Å². The van der Waals surface area contributed by atoms with E-state index in [1.165, 1.54) is 0 Å². The molecule has 6 heteroatoms. The smallest absolute Gasteiger partial charge is 0.0721 e. The number of rotatable bonds is 0. The molecule has 6 aromatic rings. The van der Waals surface area contributed by atoms with Crippen molar-refractivity contribution in [2.75, 3.05) is 0 Å². The van der Waals surface area contributed by atoms with Gasteiger partial charge in [0.1, 0.15) is 0 Å². The monoisotopic (exact) mass is 720 g/mol. The van der Waals surface area contributed by atoms with Crippen LogP contribution >= 0.6 is 0 Å². The van der Waals surface area contributed by atoms with Crippen LogP contribution in [0.25, 0.3) is 0 Å². The average Bonchev–Trinajstić information content (AvgIpc) is 3.21. The van der Waals surface area contributed by atoms with Crippen LogP contribution in [-0.4, -0.2) is 0 Å². The van der Waals surface area contributed by atoms with Crippen LogP contribution < -0.4 is 0 Å². The first-order valence-corrected chi connectivity index (χ1v) is 18.6. The SMILES string of the molecule is c1cc2ccc1COCc1ccc(cc1)COCc1ccc(cc1)COCc1ccc(cc1)COCc1ccc(cc1)COCc1ccc(cc1)COC2. The van der Waals surface area contributed by atoms with Gasteiger partial charge in [-0.2, -0.15) is 0 Å². The summed E-state index contributed by atoms with van der Waals surface area (Å²) in [5, 5.41) is 0. The molecule has 0 N–H and O–H groups in total. The molecule has 12 bridgehead atoms. The fourth-order valence-electron chi connectivity index (χ4n) is 6.11. The molecule has 16 aliphatic heterocycles. The minimum Gasteiger partial charge on any atom is -0.372 e. The zero-order valence-electron chi connectivity index (χ0n) is 30.8. The van der Waals surface area contributed by atoms with Crippen molar-refractivity contribution in [2.45, 2.75) is 79.3 Å². The second kappa shape index (κ2) is 20.0. The van der Waals surface area contributed by atoms with Gasteiger partial charge in [-0.3, -0.25) is 0 Å². The molecule has 0 saturated heterocycles. The van der Waals surface area contributed by atoms with E-state index in [9.17, 15) is 0 Å². The molecule has 22 rings (SSSR count). The average molecular weight is 721 g/mol. The number of hydrogen-bond donors (Lipinski definition) is 0. The molecule has 0 radical (unpaired) electrons. The van der Waals surface area contributed by atoms with Gasteiger partial charge in [0.25, 0.3) is 0 Å². The Morgan fingerprint density at radius 2 is 0.222 bits per heavy atom. The lowest BCUT2D eigenvalue weighted by atomic mass is 10.1. The fourth-order valence-corrected chi connectivity index (χ4v) is 6.11. The second-order valence-corrected chi connectivity index (χ2v) is 13.9. The first kappa shape index (κ1) is 37.4. The highest BCUT2D eigenvalue weighted by Crippen LogP contribution is 2.16. The molecule has 0 amide bonds. The summed E-state index contributed by atoms with van der Waals surface area (Å²) >= 11 is 0. The molecule has 0 fully saturated rings. The fraction of sp³-hybridized carbons (Fsp3) is 0.250. The summed E-state index contributed by atoms with van der Waals surface area (Å²) in [4.78, 5) is 0. The second-order valence-electron chi connectivity index (χ2n) is 13.9. The van der Waals surface area contributed by atoms with Gasteiger partial charge in [0.15, 0.2) is 0 Å². The van der Waals surface area contributed by atoms with Gasteiger partial charge in [-0.1, -0.05) is 146 Å². The van der Waals surface area contributed by atoms with Crippen LogP contribution in [0.3, 0.4) is 0 Å².